The summed E-state index contributed by atoms with van der Waals surface area (Å²) in [5.41, 5.74) is 1.19. The minimum Gasteiger partial charge on any atom is -0.619 e. The topological polar surface area (TPSA) is 231 Å². The van der Waals surface area contributed by atoms with Crippen LogP contribution in [0.1, 0.15) is 84.5 Å². The standard InChI is InChI=1S/C40H58N8O8/c1-25(2)17-30(34(49)21-35(50)44-31(18-26(3)4)36(51)42-22-28-13-15-48(55)16-14-28)45-38(53)33(20-29-23-41-24-43-29)46-37(52)32(19-27-11-9-8-10-12-27)47-39(54)56-40(5,6)7/h8-16,23-26,30-34,49H,17-22H2,1-7H3,(H,41,43)(H,42,51)(H,44,50)(H,45,53)(H,46,52)(H,47,54)/t30?,31-,32-,33-,34?/m0/s1. The minimum absolute atomic E-state index is 0.00108. The van der Waals surface area contributed by atoms with E-state index in [-0.39, 0.29) is 37.6 Å². The molecule has 0 radical (unpaired) electrons. The molecule has 2 heterocycles. The number of aromatic amines is 1. The maximum atomic E-state index is 14.0. The van der Waals surface area contributed by atoms with Crippen molar-refractivity contribution in [2.45, 2.75) is 123 Å². The molecule has 1 aromatic carbocycles. The lowest BCUT2D eigenvalue weighted by Gasteiger charge is -2.29. The molecule has 0 bridgehead atoms. The van der Waals surface area contributed by atoms with Crippen molar-refractivity contribution in [2.24, 2.45) is 11.8 Å². The number of hydrogen-bond acceptors (Lipinski definition) is 9. The van der Waals surface area contributed by atoms with Gasteiger partial charge in [-0.15, -0.1) is 0 Å². The highest BCUT2D eigenvalue weighted by Crippen LogP contribution is 2.14. The molecule has 0 spiro atoms. The smallest absolute Gasteiger partial charge is 0.408 e. The van der Waals surface area contributed by atoms with Gasteiger partial charge in [-0.2, -0.15) is 4.73 Å². The number of aliphatic hydroxyl groups excluding tert-OH is 1. The Hall–Kier alpha value is -5.51. The molecule has 0 saturated carbocycles. The predicted octanol–water partition coefficient (Wildman–Crippen LogP) is 2.34. The van der Waals surface area contributed by atoms with Crippen LogP contribution in [-0.4, -0.2) is 80.7 Å². The summed E-state index contributed by atoms with van der Waals surface area (Å²) < 4.78 is 6.05. The first-order valence-electron chi connectivity index (χ1n) is 18.9. The van der Waals surface area contributed by atoms with Crippen molar-refractivity contribution in [3.05, 3.63) is 89.4 Å². The molecule has 2 aromatic heterocycles. The lowest BCUT2D eigenvalue weighted by molar-refractivity contribution is -0.605. The molecule has 16 heteroatoms. The Morgan fingerprint density at radius 1 is 0.804 bits per heavy atom. The fourth-order valence-corrected chi connectivity index (χ4v) is 5.87. The zero-order valence-corrected chi connectivity index (χ0v) is 33.3. The number of carbonyl (C=O) groups excluding carboxylic acids is 5. The van der Waals surface area contributed by atoms with Gasteiger partial charge in [0.25, 0.3) is 0 Å². The summed E-state index contributed by atoms with van der Waals surface area (Å²) in [6.45, 7) is 12.9. The highest BCUT2D eigenvalue weighted by Gasteiger charge is 2.33. The van der Waals surface area contributed by atoms with Gasteiger partial charge in [0, 0.05) is 43.4 Å². The molecule has 0 aliphatic carbocycles. The van der Waals surface area contributed by atoms with Gasteiger partial charge in [0.05, 0.1) is 24.9 Å². The normalized spacial score (nSPS) is 14.2. The highest BCUT2D eigenvalue weighted by atomic mass is 16.6. The third-order valence-corrected chi connectivity index (χ3v) is 8.51. The summed E-state index contributed by atoms with van der Waals surface area (Å²) in [4.78, 5) is 74.1. The van der Waals surface area contributed by atoms with Crippen molar-refractivity contribution in [1.82, 2.24) is 36.6 Å². The molecular formula is C40H58N8O8. The number of H-pyrrole nitrogens is 1. The fraction of sp³-hybridized carbons (Fsp3) is 0.525. The summed E-state index contributed by atoms with van der Waals surface area (Å²) >= 11 is 0. The van der Waals surface area contributed by atoms with Crippen LogP contribution in [0, 0.1) is 17.0 Å². The third-order valence-electron chi connectivity index (χ3n) is 8.51. The van der Waals surface area contributed by atoms with E-state index in [1.165, 1.54) is 24.9 Å². The molecule has 0 fully saturated rings. The second-order valence-electron chi connectivity index (χ2n) is 15.8. The summed E-state index contributed by atoms with van der Waals surface area (Å²) in [7, 11) is 0. The number of benzene rings is 1. The number of hydrogen-bond donors (Lipinski definition) is 7. The minimum atomic E-state index is -1.35. The van der Waals surface area contributed by atoms with E-state index in [2.05, 4.69) is 36.6 Å². The number of ether oxygens (including phenoxy) is 1. The average molecular weight is 779 g/mol. The van der Waals surface area contributed by atoms with E-state index in [9.17, 15) is 34.3 Å². The van der Waals surface area contributed by atoms with Gasteiger partial charge in [-0.3, -0.25) is 19.2 Å². The number of nitrogens with one attached hydrogen (secondary N) is 6. The SMILES string of the molecule is CC(C)CC(NC(=O)[C@H](Cc1cnc[nH]1)NC(=O)[C@H](Cc1ccccc1)NC(=O)OC(C)(C)C)C(O)CC(=O)N[C@@H](CC(C)C)C(=O)NCc1cc[n+]([O-])cc1. The summed E-state index contributed by atoms with van der Waals surface area (Å²) in [6, 6.07) is 8.14. The molecule has 2 unspecified atom stereocenters. The monoisotopic (exact) mass is 778 g/mol. The van der Waals surface area contributed by atoms with Gasteiger partial charge in [0.2, 0.25) is 23.6 Å². The molecule has 5 amide bonds. The van der Waals surface area contributed by atoms with Gasteiger partial charge < -0.3 is 46.6 Å². The Morgan fingerprint density at radius 3 is 2.02 bits per heavy atom. The second-order valence-corrected chi connectivity index (χ2v) is 15.8. The number of rotatable bonds is 20. The molecule has 7 N–H and O–H groups in total. The summed E-state index contributed by atoms with van der Waals surface area (Å²) in [5, 5.41) is 36.5. The van der Waals surface area contributed by atoms with Crippen molar-refractivity contribution in [2.75, 3.05) is 0 Å². The largest absolute Gasteiger partial charge is 0.619 e. The van der Waals surface area contributed by atoms with Crippen LogP contribution in [0.3, 0.4) is 0 Å². The van der Waals surface area contributed by atoms with Crippen LogP contribution in [-0.2, 0) is 43.3 Å². The molecule has 0 saturated heterocycles. The first-order chi connectivity index (χ1) is 26.4. The Morgan fingerprint density at radius 2 is 1.43 bits per heavy atom. The predicted molar refractivity (Wildman–Crippen MR) is 208 cm³/mol. The van der Waals surface area contributed by atoms with Crippen molar-refractivity contribution in [1.29, 1.82) is 0 Å². The fourth-order valence-electron chi connectivity index (χ4n) is 5.87. The summed E-state index contributed by atoms with van der Waals surface area (Å²) in [6.07, 6.45) is 3.76. The first kappa shape index (κ1) is 44.9. The van der Waals surface area contributed by atoms with Crippen molar-refractivity contribution >= 4 is 29.7 Å². The molecule has 0 aliphatic heterocycles. The molecule has 16 nitrogen and oxygen atoms in total. The molecular weight excluding hydrogens is 720 g/mol. The third kappa shape index (κ3) is 16.5. The van der Waals surface area contributed by atoms with E-state index in [1.807, 2.05) is 58.0 Å². The Bertz CT molecular complexity index is 1700. The zero-order valence-electron chi connectivity index (χ0n) is 33.3. The van der Waals surface area contributed by atoms with Crippen LogP contribution >= 0.6 is 0 Å². The summed E-state index contributed by atoms with van der Waals surface area (Å²) in [5.74, 6) is -2.25. The van der Waals surface area contributed by atoms with Crippen LogP contribution in [0.2, 0.25) is 0 Å². The zero-order chi connectivity index (χ0) is 41.4. The quantitative estimate of drug-likeness (QED) is 0.0659. The highest BCUT2D eigenvalue weighted by molar-refractivity contribution is 5.92. The Kier molecular flexibility index (Phi) is 17.3. The average Bonchev–Trinajstić information content (AvgIpc) is 3.62. The van der Waals surface area contributed by atoms with Gasteiger partial charge in [-0.1, -0.05) is 58.0 Å². The number of aliphatic hydroxyl groups is 1. The first-order valence-corrected chi connectivity index (χ1v) is 18.9. The van der Waals surface area contributed by atoms with Crippen LogP contribution in [0.15, 0.2) is 67.4 Å². The number of carbonyl (C=O) groups is 5. The molecule has 306 valence electrons. The van der Waals surface area contributed by atoms with E-state index < -0.39 is 72.0 Å². The molecule has 3 rings (SSSR count). The van der Waals surface area contributed by atoms with E-state index in [0.717, 1.165) is 5.56 Å². The van der Waals surface area contributed by atoms with Crippen LogP contribution < -0.4 is 31.3 Å². The van der Waals surface area contributed by atoms with E-state index in [4.69, 9.17) is 4.74 Å². The lowest BCUT2D eigenvalue weighted by atomic mass is 9.96. The maximum Gasteiger partial charge on any atom is 0.408 e. The van der Waals surface area contributed by atoms with Crippen LogP contribution in [0.5, 0.6) is 0 Å². The van der Waals surface area contributed by atoms with Crippen molar-refractivity contribution < 1.29 is 38.5 Å². The van der Waals surface area contributed by atoms with Gasteiger partial charge in [-0.25, -0.2) is 9.78 Å². The van der Waals surface area contributed by atoms with Crippen LogP contribution in [0.4, 0.5) is 4.79 Å². The molecule has 0 aliphatic rings. The molecule has 56 heavy (non-hydrogen) atoms. The molecule has 3 aromatic rings. The number of imidazole rings is 1. The lowest BCUT2D eigenvalue weighted by Crippen LogP contribution is -2.58. The second kappa shape index (κ2) is 21.5. The van der Waals surface area contributed by atoms with Crippen molar-refractivity contribution in [3.63, 3.8) is 0 Å². The maximum absolute atomic E-state index is 14.0. The van der Waals surface area contributed by atoms with Gasteiger partial charge in [0.15, 0.2) is 12.4 Å². The Labute approximate surface area is 328 Å². The number of amides is 5. The number of alkyl carbamates (subject to hydrolysis) is 1. The molecule has 5 atom stereocenters. The number of aromatic nitrogens is 3. The number of nitrogens with zero attached hydrogens (tertiary/aromatic N) is 2. The number of pyridine rings is 1. The van der Waals surface area contributed by atoms with Gasteiger partial charge >= 0.3 is 6.09 Å². The van der Waals surface area contributed by atoms with E-state index in [1.54, 1.807) is 32.9 Å². The van der Waals surface area contributed by atoms with Gasteiger partial charge in [-0.05, 0) is 56.6 Å². The van der Waals surface area contributed by atoms with Crippen molar-refractivity contribution in [3.8, 4) is 0 Å². The Balaban J connectivity index is 1.76. The van der Waals surface area contributed by atoms with Crippen LogP contribution in [0.25, 0.3) is 0 Å². The van der Waals surface area contributed by atoms with Gasteiger partial charge in [0.1, 0.15) is 23.7 Å². The van der Waals surface area contributed by atoms with E-state index in [0.29, 0.717) is 22.4 Å². The van der Waals surface area contributed by atoms with E-state index >= 15 is 0 Å².